The fourth-order valence-electron chi connectivity index (χ4n) is 2.65. The summed E-state index contributed by atoms with van der Waals surface area (Å²) in [6.07, 6.45) is 6.17. The van der Waals surface area contributed by atoms with Crippen molar-refractivity contribution in [2.24, 2.45) is 0 Å². The standard InChI is InChI=1S/C12H24N/c1-6-10-13-11(2,3)8-7-9-12(13,4)5/h7H,6,8-10H2,1-5H3. The molecule has 0 unspecified atom stereocenters. The highest BCUT2D eigenvalue weighted by atomic mass is 15.3. The molecule has 1 aliphatic heterocycles. The molecule has 77 valence electrons. The van der Waals surface area contributed by atoms with Gasteiger partial charge >= 0.3 is 0 Å². The lowest BCUT2D eigenvalue weighted by atomic mass is 9.80. The SMILES string of the molecule is CCCN1C(C)(C)C[CH]CC1(C)C. The summed E-state index contributed by atoms with van der Waals surface area (Å²) in [5.41, 5.74) is 0.718. The van der Waals surface area contributed by atoms with Crippen molar-refractivity contribution in [3.05, 3.63) is 6.42 Å². The second-order valence-electron chi connectivity index (χ2n) is 5.47. The minimum Gasteiger partial charge on any atom is -0.293 e. The second kappa shape index (κ2) is 3.61. The van der Waals surface area contributed by atoms with Crippen molar-refractivity contribution in [2.75, 3.05) is 6.54 Å². The lowest BCUT2D eigenvalue weighted by Crippen LogP contribution is -2.58. The van der Waals surface area contributed by atoms with Crippen molar-refractivity contribution in [2.45, 2.75) is 65.0 Å². The molecule has 1 fully saturated rings. The van der Waals surface area contributed by atoms with E-state index in [9.17, 15) is 0 Å². The molecule has 0 aliphatic carbocycles. The van der Waals surface area contributed by atoms with Gasteiger partial charge in [0, 0.05) is 11.1 Å². The Hall–Kier alpha value is -0.0400. The summed E-state index contributed by atoms with van der Waals surface area (Å²) >= 11 is 0. The van der Waals surface area contributed by atoms with E-state index in [2.05, 4.69) is 45.9 Å². The van der Waals surface area contributed by atoms with Crippen LogP contribution in [-0.4, -0.2) is 22.5 Å². The quantitative estimate of drug-likeness (QED) is 0.633. The minimum atomic E-state index is 0.359. The van der Waals surface area contributed by atoms with Gasteiger partial charge in [0.1, 0.15) is 0 Å². The average Bonchev–Trinajstić information content (AvgIpc) is 1.96. The van der Waals surface area contributed by atoms with Crippen LogP contribution in [0.15, 0.2) is 0 Å². The van der Waals surface area contributed by atoms with Crippen LogP contribution >= 0.6 is 0 Å². The van der Waals surface area contributed by atoms with Gasteiger partial charge in [-0.25, -0.2) is 0 Å². The molecule has 13 heavy (non-hydrogen) atoms. The molecule has 1 radical (unpaired) electrons. The minimum absolute atomic E-state index is 0.359. The normalized spacial score (nSPS) is 27.5. The Morgan fingerprint density at radius 1 is 1.08 bits per heavy atom. The van der Waals surface area contributed by atoms with E-state index < -0.39 is 0 Å². The molecule has 1 heterocycles. The average molecular weight is 182 g/mol. The molecule has 0 N–H and O–H groups in total. The maximum atomic E-state index is 2.67. The van der Waals surface area contributed by atoms with Crippen LogP contribution in [0, 0.1) is 6.42 Å². The number of hydrogen-bond acceptors (Lipinski definition) is 1. The van der Waals surface area contributed by atoms with E-state index in [1.807, 2.05) is 0 Å². The third-order valence-corrected chi connectivity index (χ3v) is 3.20. The van der Waals surface area contributed by atoms with E-state index in [0.717, 1.165) is 0 Å². The molecule has 0 spiro atoms. The Morgan fingerprint density at radius 3 is 1.92 bits per heavy atom. The van der Waals surface area contributed by atoms with Crippen molar-refractivity contribution in [1.29, 1.82) is 0 Å². The molecular weight excluding hydrogens is 158 g/mol. The number of rotatable bonds is 2. The van der Waals surface area contributed by atoms with Gasteiger partial charge in [0.25, 0.3) is 0 Å². The van der Waals surface area contributed by atoms with Crippen molar-refractivity contribution in [3.8, 4) is 0 Å². The first-order chi connectivity index (χ1) is 5.90. The molecule has 0 aromatic rings. The number of nitrogens with zero attached hydrogens (tertiary/aromatic N) is 1. The Morgan fingerprint density at radius 2 is 1.54 bits per heavy atom. The zero-order chi connectivity index (χ0) is 10.1. The highest BCUT2D eigenvalue weighted by Crippen LogP contribution is 2.37. The first-order valence-electron chi connectivity index (χ1n) is 5.49. The summed E-state index contributed by atoms with van der Waals surface area (Å²) in [6, 6.07) is 0. The van der Waals surface area contributed by atoms with E-state index in [1.54, 1.807) is 0 Å². The molecule has 1 saturated heterocycles. The van der Waals surface area contributed by atoms with Gasteiger partial charge in [-0.1, -0.05) is 6.92 Å². The van der Waals surface area contributed by atoms with Crippen LogP contribution in [0.2, 0.25) is 0 Å². The van der Waals surface area contributed by atoms with Crippen molar-refractivity contribution in [3.63, 3.8) is 0 Å². The third-order valence-electron chi connectivity index (χ3n) is 3.20. The molecule has 1 aliphatic rings. The second-order valence-corrected chi connectivity index (χ2v) is 5.47. The van der Waals surface area contributed by atoms with Crippen LogP contribution in [0.3, 0.4) is 0 Å². The van der Waals surface area contributed by atoms with Gasteiger partial charge in [-0.2, -0.15) is 0 Å². The Kier molecular flexibility index (Phi) is 3.06. The summed E-state index contributed by atoms with van der Waals surface area (Å²) in [6.45, 7) is 12.9. The van der Waals surface area contributed by atoms with Gasteiger partial charge in [0.2, 0.25) is 0 Å². The van der Waals surface area contributed by atoms with Gasteiger partial charge in [-0.05, 0) is 59.9 Å². The molecule has 0 saturated carbocycles. The van der Waals surface area contributed by atoms with Crippen LogP contribution in [0.25, 0.3) is 0 Å². The zero-order valence-electron chi connectivity index (χ0n) is 9.85. The van der Waals surface area contributed by atoms with Gasteiger partial charge in [0.05, 0.1) is 0 Å². The van der Waals surface area contributed by atoms with E-state index >= 15 is 0 Å². The van der Waals surface area contributed by atoms with Gasteiger partial charge in [-0.3, -0.25) is 4.90 Å². The molecule has 0 amide bonds. The maximum Gasteiger partial charge on any atom is 0.0161 e. The van der Waals surface area contributed by atoms with E-state index in [1.165, 1.54) is 25.8 Å². The van der Waals surface area contributed by atoms with Crippen LogP contribution in [0.5, 0.6) is 0 Å². The number of hydrogen-bond donors (Lipinski definition) is 0. The molecule has 1 heteroatoms. The van der Waals surface area contributed by atoms with E-state index in [0.29, 0.717) is 11.1 Å². The predicted molar refractivity (Wildman–Crippen MR) is 58.7 cm³/mol. The van der Waals surface area contributed by atoms with E-state index in [4.69, 9.17) is 0 Å². The highest BCUT2D eigenvalue weighted by Gasteiger charge is 2.40. The Bertz CT molecular complexity index is 154. The molecule has 1 rings (SSSR count). The summed E-state index contributed by atoms with van der Waals surface area (Å²) in [5.74, 6) is 0. The zero-order valence-corrected chi connectivity index (χ0v) is 9.85. The highest BCUT2D eigenvalue weighted by molar-refractivity contribution is 5.02. The number of likely N-dealkylation sites (tertiary alicyclic amines) is 1. The van der Waals surface area contributed by atoms with Crippen LogP contribution in [0.1, 0.15) is 53.9 Å². The van der Waals surface area contributed by atoms with E-state index in [-0.39, 0.29) is 0 Å². The van der Waals surface area contributed by atoms with Crippen molar-refractivity contribution in [1.82, 2.24) is 4.90 Å². The van der Waals surface area contributed by atoms with Gasteiger partial charge in [0.15, 0.2) is 0 Å². The van der Waals surface area contributed by atoms with Crippen LogP contribution in [-0.2, 0) is 0 Å². The topological polar surface area (TPSA) is 3.24 Å². The maximum absolute atomic E-state index is 2.67. The summed E-state index contributed by atoms with van der Waals surface area (Å²) in [7, 11) is 0. The molecular formula is C12H24N. The monoisotopic (exact) mass is 182 g/mol. The lowest BCUT2D eigenvalue weighted by molar-refractivity contribution is -0.00754. The van der Waals surface area contributed by atoms with Crippen molar-refractivity contribution < 1.29 is 0 Å². The molecule has 0 aromatic carbocycles. The summed E-state index contributed by atoms with van der Waals surface area (Å²) in [4.78, 5) is 2.67. The number of piperidine rings is 1. The first-order valence-corrected chi connectivity index (χ1v) is 5.49. The third kappa shape index (κ3) is 2.25. The summed E-state index contributed by atoms with van der Waals surface area (Å²) in [5, 5.41) is 0. The fraction of sp³-hybridized carbons (Fsp3) is 0.917. The van der Waals surface area contributed by atoms with Gasteiger partial charge in [-0.15, -0.1) is 0 Å². The van der Waals surface area contributed by atoms with Crippen LogP contribution < -0.4 is 0 Å². The Balaban J connectivity index is 2.78. The Labute approximate surface area is 83.5 Å². The largest absolute Gasteiger partial charge is 0.293 e. The van der Waals surface area contributed by atoms with Gasteiger partial charge < -0.3 is 0 Å². The first kappa shape index (κ1) is 11.0. The fourth-order valence-corrected chi connectivity index (χ4v) is 2.65. The molecule has 0 atom stereocenters. The smallest absolute Gasteiger partial charge is 0.0161 e. The summed E-state index contributed by atoms with van der Waals surface area (Å²) < 4.78 is 0. The van der Waals surface area contributed by atoms with Crippen LogP contribution in [0.4, 0.5) is 0 Å². The predicted octanol–water partition coefficient (Wildman–Crippen LogP) is 3.25. The lowest BCUT2D eigenvalue weighted by Gasteiger charge is -2.53. The molecule has 0 bridgehead atoms. The molecule has 1 nitrogen and oxygen atoms in total. The van der Waals surface area contributed by atoms with Crippen molar-refractivity contribution >= 4 is 0 Å². The molecule has 0 aromatic heterocycles.